The minimum absolute atomic E-state index is 0.353. The largest absolute Gasteiger partial charge is 0.372 e. The summed E-state index contributed by atoms with van der Waals surface area (Å²) in [6.45, 7) is 3.88. The first-order valence-electron chi connectivity index (χ1n) is 4.18. The summed E-state index contributed by atoms with van der Waals surface area (Å²) in [4.78, 5) is 0. The van der Waals surface area contributed by atoms with Gasteiger partial charge in [-0.15, -0.1) is 33.2 Å². The van der Waals surface area contributed by atoms with Gasteiger partial charge in [-0.1, -0.05) is 24.3 Å². The van der Waals surface area contributed by atoms with Crippen molar-refractivity contribution >= 4 is 44.4 Å². The minimum atomic E-state index is -2.74. The van der Waals surface area contributed by atoms with Crippen molar-refractivity contribution < 1.29 is 0 Å². The third kappa shape index (κ3) is 3.14. The van der Waals surface area contributed by atoms with Gasteiger partial charge in [-0.25, -0.2) is 0 Å². The molecule has 0 spiro atoms. The average molecular weight is 269 g/mol. The molecule has 0 aliphatic rings. The van der Waals surface area contributed by atoms with Crippen LogP contribution < -0.4 is 10.9 Å². The van der Waals surface area contributed by atoms with Gasteiger partial charge in [-0.05, 0) is 24.6 Å². The molecule has 0 aromatic heterocycles. The Balaban J connectivity index is 3.02. The lowest BCUT2D eigenvalue weighted by Gasteiger charge is -2.20. The molecule has 0 fully saturated rings. The molecule has 0 aliphatic heterocycles. The minimum Gasteiger partial charge on any atom is -0.322 e. The van der Waals surface area contributed by atoms with E-state index < -0.39 is 6.00 Å². The third-order valence-corrected chi connectivity index (χ3v) is 4.91. The second kappa shape index (κ2) is 4.03. The van der Waals surface area contributed by atoms with Gasteiger partial charge in [0, 0.05) is 5.54 Å². The van der Waals surface area contributed by atoms with Gasteiger partial charge in [0.1, 0.15) is 0 Å². The number of hydrogen-bond donors (Lipinski definition) is 1. The van der Waals surface area contributed by atoms with Crippen LogP contribution in [0.15, 0.2) is 24.3 Å². The van der Waals surface area contributed by atoms with Crippen molar-refractivity contribution in [3.05, 3.63) is 29.8 Å². The molecule has 5 heteroatoms. The summed E-state index contributed by atoms with van der Waals surface area (Å²) >= 11 is 17.6. The van der Waals surface area contributed by atoms with Gasteiger partial charge >= 0.3 is 6.00 Å². The van der Waals surface area contributed by atoms with Crippen LogP contribution in [-0.4, -0.2) is 6.00 Å². The molecule has 1 rings (SSSR count). The Labute approximate surface area is 99.3 Å². The first-order valence-corrected chi connectivity index (χ1v) is 9.21. The summed E-state index contributed by atoms with van der Waals surface area (Å²) in [6.07, 6.45) is 0. The van der Waals surface area contributed by atoms with E-state index in [-0.39, 0.29) is 5.54 Å². The number of hydrogen-bond acceptors (Lipinski definition) is 1. The normalized spacial score (nSPS) is 13.0. The van der Waals surface area contributed by atoms with E-state index in [9.17, 15) is 0 Å². The molecule has 0 saturated heterocycles. The van der Waals surface area contributed by atoms with E-state index in [1.807, 2.05) is 38.1 Å². The Bertz CT molecular complexity index is 277. The molecule has 0 radical (unpaired) electrons. The van der Waals surface area contributed by atoms with Crippen molar-refractivity contribution in [1.82, 2.24) is 0 Å². The number of nitrogens with two attached hydrogens (primary N) is 1. The lowest BCUT2D eigenvalue weighted by Crippen LogP contribution is -2.32. The zero-order valence-electron chi connectivity index (χ0n) is 8.02. The molecule has 0 amide bonds. The van der Waals surface area contributed by atoms with Gasteiger partial charge in [0.2, 0.25) is 0 Å². The van der Waals surface area contributed by atoms with Crippen molar-refractivity contribution in [2.24, 2.45) is 5.73 Å². The van der Waals surface area contributed by atoms with Gasteiger partial charge in [-0.3, -0.25) is 0 Å². The number of halogens is 3. The molecule has 14 heavy (non-hydrogen) atoms. The van der Waals surface area contributed by atoms with E-state index in [2.05, 4.69) is 0 Å². The fraction of sp³-hybridized carbons (Fsp3) is 0.333. The standard InChI is InChI=1S/C9H12Cl3NSi/c1-9(2,13)7-3-5-8(6-4-7)14(10,11)12/h3-6H,13H2,1-2H3. The average Bonchev–Trinajstić information content (AvgIpc) is 2.01. The van der Waals surface area contributed by atoms with Crippen LogP contribution >= 0.6 is 33.2 Å². The summed E-state index contributed by atoms with van der Waals surface area (Å²) < 4.78 is 0. The highest BCUT2D eigenvalue weighted by molar-refractivity contribution is 7.69. The molecule has 0 unspecified atom stereocenters. The van der Waals surface area contributed by atoms with Crippen molar-refractivity contribution in [1.29, 1.82) is 0 Å². The topological polar surface area (TPSA) is 26.0 Å². The molecular weight excluding hydrogens is 257 g/mol. The predicted octanol–water partition coefficient (Wildman–Crippen LogP) is 2.74. The van der Waals surface area contributed by atoms with Crippen LogP contribution in [0, 0.1) is 0 Å². The molecule has 0 saturated carbocycles. The van der Waals surface area contributed by atoms with Crippen molar-refractivity contribution in [2.45, 2.75) is 19.4 Å². The first-order chi connectivity index (χ1) is 6.21. The first kappa shape index (κ1) is 12.3. The summed E-state index contributed by atoms with van der Waals surface area (Å²) in [5, 5.41) is 0.788. The molecule has 1 aromatic carbocycles. The Morgan fingerprint density at radius 1 is 1.07 bits per heavy atom. The summed E-state index contributed by atoms with van der Waals surface area (Å²) in [7, 11) is 0. The number of rotatable bonds is 2. The van der Waals surface area contributed by atoms with Crippen molar-refractivity contribution in [2.75, 3.05) is 0 Å². The van der Waals surface area contributed by atoms with E-state index in [0.29, 0.717) is 0 Å². The van der Waals surface area contributed by atoms with E-state index in [0.717, 1.165) is 10.8 Å². The van der Waals surface area contributed by atoms with E-state index in [1.54, 1.807) is 0 Å². The Morgan fingerprint density at radius 2 is 1.50 bits per heavy atom. The van der Waals surface area contributed by atoms with Gasteiger partial charge in [-0.2, -0.15) is 0 Å². The Morgan fingerprint density at radius 3 is 1.79 bits per heavy atom. The molecule has 0 heterocycles. The smallest absolute Gasteiger partial charge is 0.322 e. The lowest BCUT2D eigenvalue weighted by molar-refractivity contribution is 0.554. The quantitative estimate of drug-likeness (QED) is 0.648. The predicted molar refractivity (Wildman–Crippen MR) is 66.6 cm³/mol. The summed E-state index contributed by atoms with van der Waals surface area (Å²) in [6, 6.07) is 4.75. The van der Waals surface area contributed by atoms with Crippen LogP contribution in [0.4, 0.5) is 0 Å². The van der Waals surface area contributed by atoms with Crippen molar-refractivity contribution in [3.8, 4) is 0 Å². The van der Waals surface area contributed by atoms with E-state index in [4.69, 9.17) is 39.0 Å². The van der Waals surface area contributed by atoms with Crippen LogP contribution in [0.25, 0.3) is 0 Å². The molecule has 0 atom stereocenters. The lowest BCUT2D eigenvalue weighted by atomic mass is 9.96. The Kier molecular flexibility index (Phi) is 3.55. The second-order valence-electron chi connectivity index (χ2n) is 3.80. The van der Waals surface area contributed by atoms with Gasteiger partial charge in [0.15, 0.2) is 0 Å². The SMILES string of the molecule is CC(C)(N)c1ccc([Si](Cl)(Cl)Cl)cc1. The van der Waals surface area contributed by atoms with Crippen LogP contribution in [0.2, 0.25) is 0 Å². The molecule has 0 aliphatic carbocycles. The van der Waals surface area contributed by atoms with Gasteiger partial charge < -0.3 is 5.73 Å². The molecule has 78 valence electrons. The molecule has 2 N–H and O–H groups in total. The van der Waals surface area contributed by atoms with Crippen LogP contribution in [0.5, 0.6) is 0 Å². The fourth-order valence-corrected chi connectivity index (χ4v) is 2.77. The van der Waals surface area contributed by atoms with Crippen LogP contribution in [-0.2, 0) is 5.54 Å². The molecule has 1 nitrogen and oxygen atoms in total. The van der Waals surface area contributed by atoms with Gasteiger partial charge in [0.05, 0.1) is 0 Å². The van der Waals surface area contributed by atoms with Crippen molar-refractivity contribution in [3.63, 3.8) is 0 Å². The summed E-state index contributed by atoms with van der Waals surface area (Å²) in [5.41, 5.74) is 6.61. The molecule has 1 aromatic rings. The fourth-order valence-electron chi connectivity index (χ4n) is 1.09. The molecular formula is C9H12Cl3NSi. The highest BCUT2D eigenvalue weighted by Crippen LogP contribution is 2.21. The zero-order chi connectivity index (χ0) is 11.0. The molecule has 0 bridgehead atoms. The monoisotopic (exact) mass is 267 g/mol. The van der Waals surface area contributed by atoms with Crippen LogP contribution in [0.1, 0.15) is 19.4 Å². The second-order valence-corrected chi connectivity index (χ2v) is 12.2. The zero-order valence-corrected chi connectivity index (χ0v) is 11.3. The Hall–Kier alpha value is 0.267. The maximum Gasteiger partial charge on any atom is 0.372 e. The number of benzene rings is 1. The summed E-state index contributed by atoms with van der Waals surface area (Å²) in [5.74, 6) is 0. The van der Waals surface area contributed by atoms with Crippen LogP contribution in [0.3, 0.4) is 0 Å². The highest BCUT2D eigenvalue weighted by atomic mass is 35.8. The third-order valence-electron chi connectivity index (χ3n) is 1.96. The van der Waals surface area contributed by atoms with E-state index >= 15 is 0 Å². The maximum absolute atomic E-state index is 5.93. The van der Waals surface area contributed by atoms with E-state index in [1.165, 1.54) is 0 Å². The van der Waals surface area contributed by atoms with Gasteiger partial charge in [0.25, 0.3) is 0 Å². The highest BCUT2D eigenvalue weighted by Gasteiger charge is 2.28. The maximum atomic E-state index is 5.93.